The monoisotopic (exact) mass is 327 g/mol. The van der Waals surface area contributed by atoms with Crippen LogP contribution in [-0.2, 0) is 9.63 Å². The number of hydrogen-bond donors (Lipinski definition) is 1. The molecule has 124 valence electrons. The second kappa shape index (κ2) is 9.67. The molecule has 1 rings (SSSR count). The molecular weight excluding hydrogens is 302 g/mol. The summed E-state index contributed by atoms with van der Waals surface area (Å²) >= 11 is 5.38. The van der Waals surface area contributed by atoms with E-state index in [1.54, 1.807) is 13.0 Å². The van der Waals surface area contributed by atoms with Crippen LogP contribution in [0.25, 0.3) is 0 Å². The van der Waals surface area contributed by atoms with Crippen LogP contribution in [0, 0.1) is 11.8 Å². The highest BCUT2D eigenvalue weighted by Crippen LogP contribution is 2.32. The van der Waals surface area contributed by atoms with Crippen LogP contribution in [0.3, 0.4) is 0 Å². The van der Waals surface area contributed by atoms with Crippen molar-refractivity contribution in [2.45, 2.75) is 52.9 Å². The maximum atomic E-state index is 12.3. The van der Waals surface area contributed by atoms with Crippen molar-refractivity contribution in [3.63, 3.8) is 0 Å². The maximum Gasteiger partial charge on any atom is 0.168 e. The van der Waals surface area contributed by atoms with Crippen LogP contribution < -0.4 is 0 Å². The van der Waals surface area contributed by atoms with Gasteiger partial charge in [-0.2, -0.15) is 0 Å². The summed E-state index contributed by atoms with van der Waals surface area (Å²) in [6, 6.07) is 0. The SMILES string of the molecule is CCCC(C)CC1CC(=O)C(C(C)=NOC/C=C\Cl)=C(O)C1. The van der Waals surface area contributed by atoms with Crippen molar-refractivity contribution in [3.05, 3.63) is 22.9 Å². The highest BCUT2D eigenvalue weighted by atomic mass is 35.5. The van der Waals surface area contributed by atoms with Crippen molar-refractivity contribution in [3.8, 4) is 0 Å². The molecule has 0 amide bonds. The highest BCUT2D eigenvalue weighted by molar-refractivity contribution is 6.25. The standard InChI is InChI=1S/C17H26ClNO3/c1-4-6-12(2)9-14-10-15(20)17(16(21)11-14)13(3)19-22-8-5-7-18/h5,7,12,14,20H,4,6,8-11H2,1-3H3/b7-5-,19-13?. The number of aliphatic hydroxyl groups excluding tert-OH is 1. The van der Waals surface area contributed by atoms with Crippen LogP contribution in [0.2, 0.25) is 0 Å². The first-order valence-corrected chi connectivity index (χ1v) is 8.30. The molecule has 0 saturated carbocycles. The van der Waals surface area contributed by atoms with Crippen molar-refractivity contribution in [1.82, 2.24) is 0 Å². The molecule has 0 saturated heterocycles. The number of ketones is 1. The Morgan fingerprint density at radius 3 is 2.86 bits per heavy atom. The second-order valence-electron chi connectivity index (χ2n) is 5.98. The van der Waals surface area contributed by atoms with E-state index in [2.05, 4.69) is 19.0 Å². The Morgan fingerprint density at radius 1 is 1.55 bits per heavy atom. The lowest BCUT2D eigenvalue weighted by Crippen LogP contribution is -2.24. The molecule has 0 radical (unpaired) electrons. The number of allylic oxidation sites excluding steroid dienone is 2. The summed E-state index contributed by atoms with van der Waals surface area (Å²) in [5, 5.41) is 14.1. The number of halogens is 1. The van der Waals surface area contributed by atoms with Gasteiger partial charge in [0.2, 0.25) is 0 Å². The Kier molecular flexibility index (Phi) is 8.25. The third-order valence-corrected chi connectivity index (χ3v) is 4.04. The molecule has 22 heavy (non-hydrogen) atoms. The lowest BCUT2D eigenvalue weighted by atomic mass is 9.80. The lowest BCUT2D eigenvalue weighted by Gasteiger charge is -2.25. The Morgan fingerprint density at radius 2 is 2.27 bits per heavy atom. The molecule has 0 bridgehead atoms. The van der Waals surface area contributed by atoms with Crippen LogP contribution in [-0.4, -0.2) is 23.2 Å². The first-order chi connectivity index (χ1) is 10.5. The van der Waals surface area contributed by atoms with Crippen molar-refractivity contribution < 1.29 is 14.7 Å². The zero-order chi connectivity index (χ0) is 16.5. The van der Waals surface area contributed by atoms with Crippen molar-refractivity contribution in [2.75, 3.05) is 6.61 Å². The predicted octanol–water partition coefficient (Wildman–Crippen LogP) is 4.75. The van der Waals surface area contributed by atoms with Crippen LogP contribution in [0.1, 0.15) is 52.9 Å². The summed E-state index contributed by atoms with van der Waals surface area (Å²) in [5.41, 5.74) is 2.08. The van der Waals surface area contributed by atoms with E-state index < -0.39 is 0 Å². The Balaban J connectivity index is 2.70. The first-order valence-electron chi connectivity index (χ1n) is 7.87. The van der Waals surface area contributed by atoms with Crippen molar-refractivity contribution in [1.29, 1.82) is 0 Å². The second-order valence-corrected chi connectivity index (χ2v) is 6.23. The normalized spacial score (nSPS) is 21.5. The number of carbonyl (C=O) groups is 1. The van der Waals surface area contributed by atoms with Gasteiger partial charge in [0.05, 0.1) is 11.3 Å². The zero-order valence-electron chi connectivity index (χ0n) is 13.6. The third kappa shape index (κ3) is 5.84. The molecule has 0 spiro atoms. The van der Waals surface area contributed by atoms with Gasteiger partial charge in [-0.05, 0) is 31.3 Å². The molecule has 1 N–H and O–H groups in total. The van der Waals surface area contributed by atoms with Crippen molar-refractivity contribution >= 4 is 23.1 Å². The van der Waals surface area contributed by atoms with E-state index in [0.717, 1.165) is 19.3 Å². The molecule has 0 aliphatic heterocycles. The van der Waals surface area contributed by atoms with E-state index in [4.69, 9.17) is 16.4 Å². The molecular formula is C17H26ClNO3. The fourth-order valence-corrected chi connectivity index (χ4v) is 3.06. The number of carbonyl (C=O) groups excluding carboxylic acids is 1. The molecule has 0 aromatic heterocycles. The topological polar surface area (TPSA) is 58.9 Å². The van der Waals surface area contributed by atoms with E-state index in [-0.39, 0.29) is 24.1 Å². The van der Waals surface area contributed by atoms with Gasteiger partial charge >= 0.3 is 0 Å². The molecule has 0 aromatic carbocycles. The van der Waals surface area contributed by atoms with Gasteiger partial charge in [-0.1, -0.05) is 43.4 Å². The van der Waals surface area contributed by atoms with Crippen LogP contribution in [0.4, 0.5) is 0 Å². The van der Waals surface area contributed by atoms with E-state index in [0.29, 0.717) is 30.0 Å². The van der Waals surface area contributed by atoms with E-state index >= 15 is 0 Å². The fraction of sp³-hybridized carbons (Fsp3) is 0.647. The summed E-state index contributed by atoms with van der Waals surface area (Å²) < 4.78 is 0. The maximum absolute atomic E-state index is 12.3. The van der Waals surface area contributed by atoms with E-state index in [9.17, 15) is 9.90 Å². The van der Waals surface area contributed by atoms with E-state index in [1.165, 1.54) is 5.54 Å². The molecule has 4 nitrogen and oxygen atoms in total. The summed E-state index contributed by atoms with van der Waals surface area (Å²) in [6.45, 7) is 6.28. The van der Waals surface area contributed by atoms with Gasteiger partial charge in [-0.25, -0.2) is 0 Å². The van der Waals surface area contributed by atoms with Gasteiger partial charge in [0.25, 0.3) is 0 Å². The Labute approximate surface area is 137 Å². The summed E-state index contributed by atoms with van der Waals surface area (Å²) in [4.78, 5) is 17.3. The molecule has 2 unspecified atom stereocenters. The predicted molar refractivity (Wildman–Crippen MR) is 90.1 cm³/mol. The van der Waals surface area contributed by atoms with Crippen LogP contribution in [0.15, 0.2) is 28.1 Å². The van der Waals surface area contributed by atoms with Gasteiger partial charge in [0.15, 0.2) is 5.78 Å². The Bertz CT molecular complexity index is 469. The van der Waals surface area contributed by atoms with E-state index in [1.807, 2.05) is 0 Å². The van der Waals surface area contributed by atoms with Gasteiger partial charge in [0.1, 0.15) is 12.4 Å². The van der Waals surface area contributed by atoms with Crippen molar-refractivity contribution in [2.24, 2.45) is 17.0 Å². The fourth-order valence-electron chi connectivity index (χ4n) is 2.99. The van der Waals surface area contributed by atoms with Gasteiger partial charge in [0, 0.05) is 18.4 Å². The minimum absolute atomic E-state index is 0.0461. The average Bonchev–Trinajstić information content (AvgIpc) is 2.43. The highest BCUT2D eigenvalue weighted by Gasteiger charge is 2.30. The minimum Gasteiger partial charge on any atom is -0.511 e. The number of nitrogens with zero attached hydrogens (tertiary/aromatic N) is 1. The number of Topliss-reactive ketones (excluding diaryl/α,β-unsaturated/α-hetero) is 1. The zero-order valence-corrected chi connectivity index (χ0v) is 14.4. The number of hydrogen-bond acceptors (Lipinski definition) is 4. The van der Waals surface area contributed by atoms with Gasteiger partial charge in [-0.3, -0.25) is 4.79 Å². The quantitative estimate of drug-likeness (QED) is 0.397. The third-order valence-electron chi connectivity index (χ3n) is 3.86. The van der Waals surface area contributed by atoms with Gasteiger partial charge in [-0.15, -0.1) is 0 Å². The van der Waals surface area contributed by atoms with Crippen LogP contribution in [0.5, 0.6) is 0 Å². The van der Waals surface area contributed by atoms with Gasteiger partial charge < -0.3 is 9.94 Å². The number of rotatable bonds is 8. The molecule has 0 aromatic rings. The summed E-state index contributed by atoms with van der Waals surface area (Å²) in [7, 11) is 0. The molecule has 1 aliphatic rings. The average molecular weight is 328 g/mol. The van der Waals surface area contributed by atoms with Crippen LogP contribution >= 0.6 is 11.6 Å². The smallest absolute Gasteiger partial charge is 0.168 e. The summed E-state index contributed by atoms with van der Waals surface area (Å²) in [6.07, 6.45) is 5.90. The molecule has 1 aliphatic carbocycles. The minimum atomic E-state index is -0.0461. The number of oxime groups is 1. The molecule has 2 atom stereocenters. The Hall–Kier alpha value is -1.29. The molecule has 5 heteroatoms. The molecule has 0 heterocycles. The molecule has 0 fully saturated rings. The first kappa shape index (κ1) is 18.8. The largest absolute Gasteiger partial charge is 0.511 e. The number of aliphatic hydroxyl groups is 1. The lowest BCUT2D eigenvalue weighted by molar-refractivity contribution is -0.116. The summed E-state index contributed by atoms with van der Waals surface area (Å²) in [5.74, 6) is 0.904.